The summed E-state index contributed by atoms with van der Waals surface area (Å²) in [4.78, 5) is 7.00. The normalized spacial score (nSPS) is 23.9. The van der Waals surface area contributed by atoms with Gasteiger partial charge in [-0.25, -0.2) is 0 Å². The van der Waals surface area contributed by atoms with Crippen molar-refractivity contribution >= 4 is 5.69 Å². The van der Waals surface area contributed by atoms with Crippen molar-refractivity contribution < 1.29 is 0 Å². The largest absolute Gasteiger partial charge is 0.370 e. The van der Waals surface area contributed by atoms with Gasteiger partial charge in [0.15, 0.2) is 0 Å². The Morgan fingerprint density at radius 1 is 1.28 bits per heavy atom. The van der Waals surface area contributed by atoms with Gasteiger partial charge in [-0.1, -0.05) is 33.1 Å². The number of anilines is 1. The molecule has 0 unspecified atom stereocenters. The highest BCUT2D eigenvalue weighted by atomic mass is 15.1. The van der Waals surface area contributed by atoms with Crippen molar-refractivity contribution in [1.29, 1.82) is 0 Å². The van der Waals surface area contributed by atoms with Crippen molar-refractivity contribution in [2.45, 2.75) is 58.4 Å². The number of rotatable bonds is 4. The Hall–Kier alpha value is -1.05. The van der Waals surface area contributed by atoms with E-state index in [2.05, 4.69) is 42.9 Å². The van der Waals surface area contributed by atoms with Gasteiger partial charge in [-0.2, -0.15) is 0 Å². The van der Waals surface area contributed by atoms with Crippen molar-refractivity contribution in [3.05, 3.63) is 24.0 Å². The lowest BCUT2D eigenvalue weighted by molar-refractivity contribution is 0.321. The smallest absolute Gasteiger partial charge is 0.0552 e. The molecule has 2 nitrogen and oxygen atoms in total. The molecule has 1 aromatic heterocycles. The van der Waals surface area contributed by atoms with Crippen LogP contribution in [0.15, 0.2) is 18.3 Å². The van der Waals surface area contributed by atoms with Gasteiger partial charge in [0.1, 0.15) is 0 Å². The van der Waals surface area contributed by atoms with Gasteiger partial charge in [-0.15, -0.1) is 0 Å². The molecule has 1 aromatic rings. The molecule has 2 atom stereocenters. The van der Waals surface area contributed by atoms with Crippen LogP contribution in [-0.2, 0) is 6.42 Å². The molecule has 2 heteroatoms. The number of nitrogens with zero attached hydrogens (tertiary/aromatic N) is 2. The summed E-state index contributed by atoms with van der Waals surface area (Å²) in [6.45, 7) is 4.59. The van der Waals surface area contributed by atoms with Gasteiger partial charge in [0, 0.05) is 18.8 Å². The molecule has 0 amide bonds. The molecule has 0 N–H and O–H groups in total. The highest BCUT2D eigenvalue weighted by molar-refractivity contribution is 5.45. The zero-order valence-corrected chi connectivity index (χ0v) is 12.0. The van der Waals surface area contributed by atoms with E-state index in [1.54, 1.807) is 0 Å². The van der Waals surface area contributed by atoms with E-state index in [1.807, 2.05) is 6.20 Å². The molecular weight excluding hydrogens is 220 g/mol. The summed E-state index contributed by atoms with van der Waals surface area (Å²) >= 11 is 0. The van der Waals surface area contributed by atoms with Gasteiger partial charge < -0.3 is 4.90 Å². The number of aromatic nitrogens is 1. The summed E-state index contributed by atoms with van der Waals surface area (Å²) in [5.41, 5.74) is 2.49. The number of hydrogen-bond donors (Lipinski definition) is 0. The van der Waals surface area contributed by atoms with Crippen LogP contribution in [0.2, 0.25) is 0 Å². The predicted octanol–water partition coefficient (Wildman–Crippen LogP) is 4.05. The second kappa shape index (κ2) is 6.21. The lowest BCUT2D eigenvalue weighted by Gasteiger charge is -2.37. The quantitative estimate of drug-likeness (QED) is 0.796. The van der Waals surface area contributed by atoms with Crippen molar-refractivity contribution in [3.8, 4) is 0 Å². The molecule has 1 fully saturated rings. The summed E-state index contributed by atoms with van der Waals surface area (Å²) in [7, 11) is 2.23. The predicted molar refractivity (Wildman–Crippen MR) is 78.1 cm³/mol. The average molecular weight is 246 g/mol. The molecule has 0 saturated heterocycles. The maximum absolute atomic E-state index is 4.57. The SMILES string of the molecule is CCCc1ccc(N(C)[C@H]2CCCC[C@H]2C)cn1. The summed E-state index contributed by atoms with van der Waals surface area (Å²) in [6, 6.07) is 5.11. The lowest BCUT2D eigenvalue weighted by Crippen LogP contribution is -2.39. The third-order valence-electron chi connectivity index (χ3n) is 4.29. The minimum atomic E-state index is 0.692. The highest BCUT2D eigenvalue weighted by Gasteiger charge is 2.25. The monoisotopic (exact) mass is 246 g/mol. The number of hydrogen-bond acceptors (Lipinski definition) is 2. The fourth-order valence-electron chi connectivity index (χ4n) is 3.09. The minimum Gasteiger partial charge on any atom is -0.370 e. The molecule has 1 aliphatic rings. The van der Waals surface area contributed by atoms with E-state index in [9.17, 15) is 0 Å². The molecule has 0 aromatic carbocycles. The topological polar surface area (TPSA) is 16.1 Å². The summed E-state index contributed by atoms with van der Waals surface area (Å²) in [5, 5.41) is 0. The Kier molecular flexibility index (Phi) is 4.62. The van der Waals surface area contributed by atoms with E-state index in [-0.39, 0.29) is 0 Å². The van der Waals surface area contributed by atoms with Crippen LogP contribution in [0.25, 0.3) is 0 Å². The molecule has 0 radical (unpaired) electrons. The summed E-state index contributed by atoms with van der Waals surface area (Å²) in [6.07, 6.45) is 9.78. The number of aryl methyl sites for hydroxylation is 1. The van der Waals surface area contributed by atoms with E-state index in [1.165, 1.54) is 43.5 Å². The molecule has 1 heterocycles. The Bertz CT molecular complexity index is 358. The Labute approximate surface area is 111 Å². The molecule has 100 valence electrons. The molecule has 18 heavy (non-hydrogen) atoms. The number of pyridine rings is 1. The van der Waals surface area contributed by atoms with E-state index >= 15 is 0 Å². The van der Waals surface area contributed by atoms with Gasteiger partial charge >= 0.3 is 0 Å². The molecule has 1 aliphatic carbocycles. The third-order valence-corrected chi connectivity index (χ3v) is 4.29. The maximum atomic E-state index is 4.57. The van der Waals surface area contributed by atoms with Crippen molar-refractivity contribution in [2.24, 2.45) is 5.92 Å². The first-order valence-electron chi connectivity index (χ1n) is 7.40. The first-order valence-corrected chi connectivity index (χ1v) is 7.40. The fraction of sp³-hybridized carbons (Fsp3) is 0.688. The van der Waals surface area contributed by atoms with Crippen LogP contribution in [0.1, 0.15) is 51.6 Å². The highest BCUT2D eigenvalue weighted by Crippen LogP contribution is 2.30. The van der Waals surface area contributed by atoms with Crippen LogP contribution in [0.3, 0.4) is 0 Å². The van der Waals surface area contributed by atoms with E-state index in [0.29, 0.717) is 6.04 Å². The molecule has 0 aliphatic heterocycles. The van der Waals surface area contributed by atoms with E-state index in [0.717, 1.165) is 12.3 Å². The Morgan fingerprint density at radius 3 is 2.67 bits per heavy atom. The maximum Gasteiger partial charge on any atom is 0.0552 e. The Balaban J connectivity index is 2.05. The van der Waals surface area contributed by atoms with E-state index in [4.69, 9.17) is 0 Å². The van der Waals surface area contributed by atoms with Gasteiger partial charge in [0.05, 0.1) is 11.9 Å². The zero-order chi connectivity index (χ0) is 13.0. The van der Waals surface area contributed by atoms with Crippen LogP contribution in [0, 0.1) is 5.92 Å². The van der Waals surface area contributed by atoms with Crippen LogP contribution in [-0.4, -0.2) is 18.1 Å². The van der Waals surface area contributed by atoms with Crippen molar-refractivity contribution in [2.75, 3.05) is 11.9 Å². The zero-order valence-electron chi connectivity index (χ0n) is 12.0. The third kappa shape index (κ3) is 3.04. The van der Waals surface area contributed by atoms with Crippen LogP contribution in [0.5, 0.6) is 0 Å². The standard InChI is InChI=1S/C16H26N2/c1-4-7-14-10-11-15(12-17-14)18(3)16-9-6-5-8-13(16)2/h10-13,16H,4-9H2,1-3H3/t13-,16+/m1/s1. The first-order chi connectivity index (χ1) is 8.72. The molecular formula is C16H26N2. The second-order valence-corrected chi connectivity index (χ2v) is 5.70. The van der Waals surface area contributed by atoms with Crippen molar-refractivity contribution in [3.63, 3.8) is 0 Å². The van der Waals surface area contributed by atoms with E-state index < -0.39 is 0 Å². The van der Waals surface area contributed by atoms with Crippen LogP contribution < -0.4 is 4.90 Å². The van der Waals surface area contributed by atoms with Gasteiger partial charge in [-0.05, 0) is 37.3 Å². The van der Waals surface area contributed by atoms with Gasteiger partial charge in [0.25, 0.3) is 0 Å². The molecule has 0 bridgehead atoms. The van der Waals surface area contributed by atoms with Crippen molar-refractivity contribution in [1.82, 2.24) is 4.98 Å². The molecule has 1 saturated carbocycles. The van der Waals surface area contributed by atoms with Gasteiger partial charge in [0.2, 0.25) is 0 Å². The fourth-order valence-corrected chi connectivity index (χ4v) is 3.09. The summed E-state index contributed by atoms with van der Waals surface area (Å²) in [5.74, 6) is 0.805. The molecule has 2 rings (SSSR count). The van der Waals surface area contributed by atoms with Crippen LogP contribution >= 0.6 is 0 Å². The van der Waals surface area contributed by atoms with Crippen LogP contribution in [0.4, 0.5) is 5.69 Å². The summed E-state index contributed by atoms with van der Waals surface area (Å²) < 4.78 is 0. The average Bonchev–Trinajstić information content (AvgIpc) is 2.40. The lowest BCUT2D eigenvalue weighted by atomic mass is 9.85. The second-order valence-electron chi connectivity index (χ2n) is 5.70. The minimum absolute atomic E-state index is 0.692. The molecule has 0 spiro atoms. The van der Waals surface area contributed by atoms with Gasteiger partial charge in [-0.3, -0.25) is 4.98 Å². The Morgan fingerprint density at radius 2 is 2.06 bits per heavy atom. The first kappa shape index (κ1) is 13.4.